The van der Waals surface area contributed by atoms with Gasteiger partial charge < -0.3 is 14.4 Å². The molecule has 2 fully saturated rings. The normalized spacial score (nSPS) is 18.5. The number of sulfonamides is 1. The van der Waals surface area contributed by atoms with Crippen molar-refractivity contribution >= 4 is 21.6 Å². The lowest BCUT2D eigenvalue weighted by Crippen LogP contribution is -2.43. The highest BCUT2D eigenvalue weighted by molar-refractivity contribution is 7.89. The molecule has 2 aliphatic rings. The average Bonchev–Trinajstić information content (AvgIpc) is 3.18. The first-order chi connectivity index (χ1) is 15.8. The van der Waals surface area contributed by atoms with Crippen molar-refractivity contribution in [3.63, 3.8) is 0 Å². The molecule has 4 rings (SSSR count). The Morgan fingerprint density at radius 1 is 1.06 bits per heavy atom. The molecular weight excluding hydrogens is 438 g/mol. The molecule has 33 heavy (non-hydrogen) atoms. The van der Waals surface area contributed by atoms with E-state index in [4.69, 9.17) is 0 Å². The van der Waals surface area contributed by atoms with Gasteiger partial charge in [0, 0.05) is 64.6 Å². The van der Waals surface area contributed by atoms with Gasteiger partial charge in [-0.05, 0) is 56.7 Å². The van der Waals surface area contributed by atoms with Crippen LogP contribution in [-0.2, 0) is 28.4 Å². The summed E-state index contributed by atoms with van der Waals surface area (Å²) in [5.74, 6) is 0.588. The van der Waals surface area contributed by atoms with Crippen LogP contribution in [0.4, 0.5) is 5.69 Å². The third-order valence-corrected chi connectivity index (χ3v) is 8.72. The van der Waals surface area contributed by atoms with Gasteiger partial charge in [0.25, 0.3) is 10.0 Å². The maximum Gasteiger partial charge on any atom is 0.262 e. The van der Waals surface area contributed by atoms with Crippen molar-refractivity contribution in [3.05, 3.63) is 41.9 Å². The zero-order valence-electron chi connectivity index (χ0n) is 19.9. The molecule has 2 aliphatic heterocycles. The molecule has 2 aromatic rings. The number of anilines is 1. The summed E-state index contributed by atoms with van der Waals surface area (Å²) in [6.07, 6.45) is 6.42. The molecule has 0 unspecified atom stereocenters. The fourth-order valence-electron chi connectivity index (χ4n) is 4.75. The number of aromatic nitrogens is 2. The van der Waals surface area contributed by atoms with E-state index < -0.39 is 10.0 Å². The minimum Gasteiger partial charge on any atom is -0.372 e. The molecule has 9 heteroatoms. The van der Waals surface area contributed by atoms with E-state index in [0.717, 1.165) is 18.7 Å². The smallest absolute Gasteiger partial charge is 0.262 e. The van der Waals surface area contributed by atoms with Crippen LogP contribution in [0, 0.1) is 12.8 Å². The number of piperidine rings is 2. The topological polar surface area (TPSA) is 78.8 Å². The molecule has 0 aliphatic carbocycles. The van der Waals surface area contributed by atoms with E-state index in [1.54, 1.807) is 29.6 Å². The van der Waals surface area contributed by atoms with Gasteiger partial charge in [0.05, 0.1) is 0 Å². The minimum atomic E-state index is -3.62. The summed E-state index contributed by atoms with van der Waals surface area (Å²) in [5, 5.41) is 0.0809. The highest BCUT2D eigenvalue weighted by Crippen LogP contribution is 2.26. The van der Waals surface area contributed by atoms with Gasteiger partial charge in [0.15, 0.2) is 5.03 Å². The molecule has 0 radical (unpaired) electrons. The summed E-state index contributed by atoms with van der Waals surface area (Å²) in [7, 11) is -0.00760. The predicted octanol–water partition coefficient (Wildman–Crippen LogP) is 2.78. The lowest BCUT2D eigenvalue weighted by molar-refractivity contribution is -0.135. The monoisotopic (exact) mass is 473 g/mol. The summed E-state index contributed by atoms with van der Waals surface area (Å²) in [6, 6.07) is 8.53. The van der Waals surface area contributed by atoms with Gasteiger partial charge >= 0.3 is 0 Å². The molecule has 8 nitrogen and oxygen atoms in total. The molecular formula is C24H35N5O3S. The van der Waals surface area contributed by atoms with E-state index in [9.17, 15) is 13.2 Å². The minimum absolute atomic E-state index is 0.0809. The molecule has 180 valence electrons. The number of benzene rings is 1. The maximum absolute atomic E-state index is 13.0. The van der Waals surface area contributed by atoms with Crippen LogP contribution in [0.3, 0.4) is 0 Å². The summed E-state index contributed by atoms with van der Waals surface area (Å²) in [6.45, 7) is 5.25. The van der Waals surface area contributed by atoms with Crippen molar-refractivity contribution < 1.29 is 13.2 Å². The first kappa shape index (κ1) is 23.8. The number of imidazole rings is 1. The van der Waals surface area contributed by atoms with Crippen molar-refractivity contribution in [1.29, 1.82) is 0 Å². The first-order valence-electron chi connectivity index (χ1n) is 11.8. The number of amides is 1. The van der Waals surface area contributed by atoms with E-state index in [1.807, 2.05) is 7.05 Å². The largest absolute Gasteiger partial charge is 0.372 e. The van der Waals surface area contributed by atoms with Crippen LogP contribution in [-0.4, -0.2) is 66.3 Å². The molecule has 0 atom stereocenters. The van der Waals surface area contributed by atoms with Gasteiger partial charge in [0.2, 0.25) is 5.91 Å². The summed E-state index contributed by atoms with van der Waals surface area (Å²) in [4.78, 5) is 21.4. The lowest BCUT2D eigenvalue weighted by atomic mass is 9.96. The van der Waals surface area contributed by atoms with Crippen LogP contribution in [0.5, 0.6) is 0 Å². The number of hydrogen-bond donors (Lipinski definition) is 0. The molecule has 0 saturated carbocycles. The first-order valence-corrected chi connectivity index (χ1v) is 13.3. The second kappa shape index (κ2) is 9.85. The average molecular weight is 474 g/mol. The number of nitrogens with zero attached hydrogens (tertiary/aromatic N) is 5. The molecule has 1 amide bonds. The summed E-state index contributed by atoms with van der Waals surface area (Å²) >= 11 is 0. The zero-order chi connectivity index (χ0) is 23.6. The lowest BCUT2D eigenvalue weighted by Gasteiger charge is -2.32. The Morgan fingerprint density at radius 3 is 2.27 bits per heavy atom. The molecule has 2 saturated heterocycles. The highest BCUT2D eigenvalue weighted by atomic mass is 32.2. The number of hydrogen-bond acceptors (Lipinski definition) is 5. The van der Waals surface area contributed by atoms with Crippen LogP contribution in [0.2, 0.25) is 0 Å². The summed E-state index contributed by atoms with van der Waals surface area (Å²) < 4.78 is 29.0. The van der Waals surface area contributed by atoms with E-state index in [1.165, 1.54) is 29.3 Å². The van der Waals surface area contributed by atoms with Crippen molar-refractivity contribution in [2.45, 2.75) is 50.6 Å². The summed E-state index contributed by atoms with van der Waals surface area (Å²) in [5.41, 5.74) is 2.36. The Morgan fingerprint density at radius 2 is 1.70 bits per heavy atom. The van der Waals surface area contributed by atoms with Crippen LogP contribution >= 0.6 is 0 Å². The second-order valence-corrected chi connectivity index (χ2v) is 11.2. The van der Waals surface area contributed by atoms with Gasteiger partial charge in [-0.1, -0.05) is 12.1 Å². The second-order valence-electron chi connectivity index (χ2n) is 9.32. The molecule has 0 bridgehead atoms. The standard InChI is InChI=1S/C24H35N5O3S/c1-19-25-23(18-26(19)2)33(31,32)29-15-11-21(12-16-29)24(30)27(3)17-20-7-9-22(10-8-20)28-13-5-4-6-14-28/h7-10,18,21H,4-6,11-17H2,1-3H3. The third kappa shape index (κ3) is 5.24. The van der Waals surface area contributed by atoms with Crippen LogP contribution < -0.4 is 4.90 Å². The Bertz CT molecular complexity index is 1050. The number of rotatable bonds is 6. The van der Waals surface area contributed by atoms with Gasteiger partial charge in [-0.25, -0.2) is 13.4 Å². The van der Waals surface area contributed by atoms with Crippen LogP contribution in [0.1, 0.15) is 43.5 Å². The molecule has 1 aromatic carbocycles. The molecule has 0 N–H and O–H groups in total. The van der Waals surface area contributed by atoms with Crippen molar-refractivity contribution in [2.24, 2.45) is 13.0 Å². The van der Waals surface area contributed by atoms with E-state index in [0.29, 0.717) is 38.3 Å². The quantitative estimate of drug-likeness (QED) is 0.645. The van der Waals surface area contributed by atoms with Crippen molar-refractivity contribution in [3.8, 4) is 0 Å². The number of carbonyl (C=O) groups excluding carboxylic acids is 1. The molecule has 0 spiro atoms. The van der Waals surface area contributed by atoms with Gasteiger partial charge in [0.1, 0.15) is 5.82 Å². The van der Waals surface area contributed by atoms with Crippen LogP contribution in [0.15, 0.2) is 35.5 Å². The van der Waals surface area contributed by atoms with Crippen LogP contribution in [0.25, 0.3) is 0 Å². The van der Waals surface area contributed by atoms with Crippen molar-refractivity contribution in [1.82, 2.24) is 18.8 Å². The maximum atomic E-state index is 13.0. The number of carbonyl (C=O) groups is 1. The molecule has 1 aromatic heterocycles. The third-order valence-electron chi connectivity index (χ3n) is 6.95. The Labute approximate surface area is 197 Å². The van der Waals surface area contributed by atoms with E-state index >= 15 is 0 Å². The Kier molecular flexibility index (Phi) is 7.09. The van der Waals surface area contributed by atoms with Gasteiger partial charge in [-0.3, -0.25) is 4.79 Å². The van der Waals surface area contributed by atoms with Gasteiger partial charge in [-0.15, -0.1) is 0 Å². The van der Waals surface area contributed by atoms with Gasteiger partial charge in [-0.2, -0.15) is 4.31 Å². The van der Waals surface area contributed by atoms with Crippen molar-refractivity contribution in [2.75, 3.05) is 38.1 Å². The van der Waals surface area contributed by atoms with E-state index in [2.05, 4.69) is 34.1 Å². The molecule has 3 heterocycles. The Hall–Kier alpha value is -2.39. The SMILES string of the molecule is Cc1nc(S(=O)(=O)N2CCC(C(=O)N(C)Cc3ccc(N4CCCCC4)cc3)CC2)cn1C. The fourth-order valence-corrected chi connectivity index (χ4v) is 6.25. The zero-order valence-corrected chi connectivity index (χ0v) is 20.7. The predicted molar refractivity (Wildman–Crippen MR) is 128 cm³/mol. The van der Waals surface area contributed by atoms with E-state index in [-0.39, 0.29) is 16.9 Å². The number of aryl methyl sites for hydroxylation is 2. The fraction of sp³-hybridized carbons (Fsp3) is 0.583. The Balaban J connectivity index is 1.31. The highest BCUT2D eigenvalue weighted by Gasteiger charge is 2.34.